The maximum atomic E-state index is 12.5. The maximum absolute atomic E-state index is 12.5. The molecule has 6 heteroatoms. The number of benzene rings is 1. The molecule has 2 heterocycles. The van der Waals surface area contributed by atoms with Gasteiger partial charge in [0.25, 0.3) is 0 Å². The molecule has 1 aliphatic heterocycles. The highest BCUT2D eigenvalue weighted by molar-refractivity contribution is 5.42. The molecule has 110 valence electrons. The average molecular weight is 294 g/mol. The predicted molar refractivity (Wildman–Crippen MR) is 70.9 cm³/mol. The lowest BCUT2D eigenvalue weighted by Crippen LogP contribution is -2.15. The Morgan fingerprint density at radius 3 is 2.67 bits per heavy atom. The number of halogens is 3. The highest BCUT2D eigenvalue weighted by Gasteiger charge is 2.31. The van der Waals surface area contributed by atoms with Gasteiger partial charge < -0.3 is 10.5 Å². The molecule has 3 nitrogen and oxygen atoms in total. The first-order valence-corrected chi connectivity index (χ1v) is 6.49. The monoisotopic (exact) mass is 294 g/mol. The Kier molecular flexibility index (Phi) is 3.33. The van der Waals surface area contributed by atoms with Crippen LogP contribution in [0.15, 0.2) is 36.5 Å². The van der Waals surface area contributed by atoms with Crippen LogP contribution in [0.3, 0.4) is 0 Å². The fourth-order valence-electron chi connectivity index (χ4n) is 2.33. The molecule has 1 unspecified atom stereocenters. The summed E-state index contributed by atoms with van der Waals surface area (Å²) in [5.74, 6) is 0.839. The number of hydrogen-bond donors (Lipinski definition) is 1. The zero-order chi connectivity index (χ0) is 15.0. The minimum absolute atomic E-state index is 0.405. The minimum atomic E-state index is -4.39. The number of ether oxygens (including phenoxy) is 1. The Balaban J connectivity index is 1.86. The molecule has 0 amide bonds. The van der Waals surface area contributed by atoms with Gasteiger partial charge in [0.2, 0.25) is 0 Å². The van der Waals surface area contributed by atoms with Crippen molar-refractivity contribution in [3.63, 3.8) is 0 Å². The second-order valence-electron chi connectivity index (χ2n) is 4.91. The summed E-state index contributed by atoms with van der Waals surface area (Å²) < 4.78 is 42.9. The van der Waals surface area contributed by atoms with Gasteiger partial charge in [0.05, 0.1) is 23.9 Å². The van der Waals surface area contributed by atoms with Crippen LogP contribution in [0.5, 0.6) is 5.75 Å². The van der Waals surface area contributed by atoms with E-state index >= 15 is 0 Å². The van der Waals surface area contributed by atoms with E-state index in [0.717, 1.165) is 35.6 Å². The van der Waals surface area contributed by atoms with Gasteiger partial charge in [-0.1, -0.05) is 12.1 Å². The topological polar surface area (TPSA) is 48.1 Å². The molecule has 0 aliphatic carbocycles. The predicted octanol–water partition coefficient (Wildman–Crippen LogP) is 3.08. The highest BCUT2D eigenvalue weighted by atomic mass is 19.4. The van der Waals surface area contributed by atoms with E-state index in [1.54, 1.807) is 0 Å². The second kappa shape index (κ2) is 5.04. The van der Waals surface area contributed by atoms with E-state index in [9.17, 15) is 13.2 Å². The smallest absolute Gasteiger partial charge is 0.417 e. The first kappa shape index (κ1) is 13.9. The molecule has 21 heavy (non-hydrogen) atoms. The normalized spacial score (nSPS) is 15.4. The lowest BCUT2D eigenvalue weighted by atomic mass is 10.0. The molecule has 0 spiro atoms. The van der Waals surface area contributed by atoms with Crippen LogP contribution < -0.4 is 10.5 Å². The number of rotatable bonds is 2. The third-order valence-corrected chi connectivity index (χ3v) is 3.50. The molecule has 0 bridgehead atoms. The van der Waals surface area contributed by atoms with Crippen molar-refractivity contribution in [3.8, 4) is 5.75 Å². The molecule has 3 rings (SSSR count). The third-order valence-electron chi connectivity index (χ3n) is 3.50. The standard InChI is InChI=1S/C15H13F3N2O/c16-15(17,18)11-2-3-12(20-8-11)14(19)10-1-4-13-9(7-10)5-6-21-13/h1-4,7-8,14H,5-6,19H2. The summed E-state index contributed by atoms with van der Waals surface area (Å²) >= 11 is 0. The molecule has 0 saturated carbocycles. The van der Waals surface area contributed by atoms with Crippen LogP contribution in [-0.4, -0.2) is 11.6 Å². The molecule has 1 aromatic heterocycles. The molecule has 0 saturated heterocycles. The van der Waals surface area contributed by atoms with Crippen LogP contribution in [0.25, 0.3) is 0 Å². The molecule has 0 fully saturated rings. The first-order chi connectivity index (χ1) is 9.95. The lowest BCUT2D eigenvalue weighted by Gasteiger charge is -2.14. The van der Waals surface area contributed by atoms with Crippen LogP contribution in [-0.2, 0) is 12.6 Å². The van der Waals surface area contributed by atoms with Gasteiger partial charge >= 0.3 is 6.18 Å². The zero-order valence-electron chi connectivity index (χ0n) is 11.0. The molecular formula is C15H13F3N2O. The van der Waals surface area contributed by atoms with Crippen LogP contribution in [0, 0.1) is 0 Å². The summed E-state index contributed by atoms with van der Waals surface area (Å²) in [5, 5.41) is 0. The van der Waals surface area contributed by atoms with Crippen molar-refractivity contribution in [1.29, 1.82) is 0 Å². The fraction of sp³-hybridized carbons (Fsp3) is 0.267. The maximum Gasteiger partial charge on any atom is 0.417 e. The molecule has 1 aliphatic rings. The van der Waals surface area contributed by atoms with Crippen molar-refractivity contribution in [2.24, 2.45) is 5.73 Å². The van der Waals surface area contributed by atoms with E-state index < -0.39 is 17.8 Å². The van der Waals surface area contributed by atoms with Gasteiger partial charge in [-0.15, -0.1) is 0 Å². The number of nitrogens with two attached hydrogens (primary N) is 1. The summed E-state index contributed by atoms with van der Waals surface area (Å²) in [7, 11) is 0. The lowest BCUT2D eigenvalue weighted by molar-refractivity contribution is -0.137. The van der Waals surface area contributed by atoms with E-state index in [1.807, 2.05) is 18.2 Å². The van der Waals surface area contributed by atoms with Crippen molar-refractivity contribution in [2.45, 2.75) is 18.6 Å². The van der Waals surface area contributed by atoms with Crippen molar-refractivity contribution in [1.82, 2.24) is 4.98 Å². The van der Waals surface area contributed by atoms with E-state index in [2.05, 4.69) is 4.98 Å². The second-order valence-corrected chi connectivity index (χ2v) is 4.91. The van der Waals surface area contributed by atoms with Crippen LogP contribution in [0.2, 0.25) is 0 Å². The van der Waals surface area contributed by atoms with E-state index in [0.29, 0.717) is 12.3 Å². The van der Waals surface area contributed by atoms with Gasteiger partial charge in [-0.25, -0.2) is 0 Å². The Bertz CT molecular complexity index is 653. The van der Waals surface area contributed by atoms with Gasteiger partial charge in [-0.3, -0.25) is 4.98 Å². The van der Waals surface area contributed by atoms with Gasteiger partial charge in [-0.2, -0.15) is 13.2 Å². The Labute approximate surface area is 119 Å². The van der Waals surface area contributed by atoms with Gasteiger partial charge in [0.1, 0.15) is 5.75 Å². The van der Waals surface area contributed by atoms with Gasteiger partial charge in [0, 0.05) is 12.6 Å². The SMILES string of the molecule is NC(c1ccc2c(c1)CCO2)c1ccc(C(F)(F)F)cn1. The van der Waals surface area contributed by atoms with Gasteiger partial charge in [0.15, 0.2) is 0 Å². The summed E-state index contributed by atoms with van der Waals surface area (Å²) in [6.45, 7) is 0.645. The van der Waals surface area contributed by atoms with Crippen LogP contribution in [0.1, 0.15) is 28.4 Å². The van der Waals surface area contributed by atoms with Crippen LogP contribution >= 0.6 is 0 Å². The van der Waals surface area contributed by atoms with E-state index in [-0.39, 0.29) is 0 Å². The number of pyridine rings is 1. The number of alkyl halides is 3. The van der Waals surface area contributed by atoms with E-state index in [1.165, 1.54) is 6.07 Å². The molecule has 1 atom stereocenters. The number of aromatic nitrogens is 1. The zero-order valence-corrected chi connectivity index (χ0v) is 11.0. The molecule has 2 aromatic rings. The largest absolute Gasteiger partial charge is 0.493 e. The van der Waals surface area contributed by atoms with Crippen molar-refractivity contribution in [3.05, 3.63) is 58.9 Å². The average Bonchev–Trinajstić information content (AvgIpc) is 2.93. The third kappa shape index (κ3) is 2.71. The minimum Gasteiger partial charge on any atom is -0.493 e. The summed E-state index contributed by atoms with van der Waals surface area (Å²) in [5.41, 5.74) is 7.59. The van der Waals surface area contributed by atoms with Crippen LogP contribution in [0.4, 0.5) is 13.2 Å². The Morgan fingerprint density at radius 1 is 1.19 bits per heavy atom. The molecular weight excluding hydrogens is 281 g/mol. The molecule has 0 radical (unpaired) electrons. The first-order valence-electron chi connectivity index (χ1n) is 6.49. The Morgan fingerprint density at radius 2 is 2.00 bits per heavy atom. The number of hydrogen-bond acceptors (Lipinski definition) is 3. The van der Waals surface area contributed by atoms with Gasteiger partial charge in [-0.05, 0) is 29.3 Å². The summed E-state index contributed by atoms with van der Waals surface area (Å²) in [4.78, 5) is 3.84. The van der Waals surface area contributed by atoms with Crippen molar-refractivity contribution < 1.29 is 17.9 Å². The van der Waals surface area contributed by atoms with Crippen molar-refractivity contribution >= 4 is 0 Å². The molecule has 2 N–H and O–H groups in total. The van der Waals surface area contributed by atoms with Crippen molar-refractivity contribution in [2.75, 3.05) is 6.61 Å². The highest BCUT2D eigenvalue weighted by Crippen LogP contribution is 2.31. The Hall–Kier alpha value is -2.08. The number of nitrogens with zero attached hydrogens (tertiary/aromatic N) is 1. The summed E-state index contributed by atoms with van der Waals surface area (Å²) in [6.07, 6.45) is -2.76. The number of fused-ring (bicyclic) bond motifs is 1. The fourth-order valence-corrected chi connectivity index (χ4v) is 2.33. The quantitative estimate of drug-likeness (QED) is 0.926. The van der Waals surface area contributed by atoms with E-state index in [4.69, 9.17) is 10.5 Å². The molecule has 1 aromatic carbocycles. The summed E-state index contributed by atoms with van der Waals surface area (Å²) in [6, 6.07) is 7.33.